The zero-order valence-electron chi connectivity index (χ0n) is 16.8. The summed E-state index contributed by atoms with van der Waals surface area (Å²) in [4.78, 5) is 17.2. The van der Waals surface area contributed by atoms with E-state index in [1.54, 1.807) is 0 Å². The van der Waals surface area contributed by atoms with Crippen LogP contribution in [-0.4, -0.2) is 42.3 Å². The van der Waals surface area contributed by atoms with Crippen LogP contribution in [0.5, 0.6) is 0 Å². The highest BCUT2D eigenvalue weighted by molar-refractivity contribution is 8.16. The maximum atomic E-state index is 13.3. The maximum Gasteiger partial charge on any atom is 0.416 e. The Bertz CT molecular complexity index is 989. The lowest BCUT2D eigenvalue weighted by atomic mass is 10.1. The fourth-order valence-corrected chi connectivity index (χ4v) is 7.56. The number of aliphatic imine (C=N–C) groups is 1. The lowest BCUT2D eigenvalue weighted by Gasteiger charge is -2.26. The van der Waals surface area contributed by atoms with Gasteiger partial charge < -0.3 is 4.90 Å². The van der Waals surface area contributed by atoms with Crippen LogP contribution in [0.15, 0.2) is 23.2 Å². The Balaban J connectivity index is 2.08. The first-order valence-corrected chi connectivity index (χ1v) is 12.5. The van der Waals surface area contributed by atoms with E-state index >= 15 is 0 Å². The van der Waals surface area contributed by atoms with Crippen molar-refractivity contribution in [2.45, 2.75) is 56.3 Å². The number of sulfone groups is 1. The molecule has 178 valence electrons. The zero-order valence-corrected chi connectivity index (χ0v) is 18.5. The zero-order chi connectivity index (χ0) is 23.9. The monoisotopic (exact) mass is 502 g/mol. The fourth-order valence-electron chi connectivity index (χ4n) is 3.63. The van der Waals surface area contributed by atoms with Gasteiger partial charge in [-0.1, -0.05) is 31.5 Å². The SMILES string of the molecule is CCCCCC(=O)N=C1S[C@H]2CS(=O)(=O)C[C@@H]2N1c1cc(C(F)(F)F)cc(C(F)(F)F)c1. The van der Waals surface area contributed by atoms with E-state index in [1.807, 2.05) is 6.92 Å². The third kappa shape index (κ3) is 5.59. The molecule has 0 bridgehead atoms. The number of hydrogen-bond acceptors (Lipinski definition) is 4. The van der Waals surface area contributed by atoms with Gasteiger partial charge in [0.1, 0.15) is 0 Å². The van der Waals surface area contributed by atoms with E-state index in [0.29, 0.717) is 18.6 Å². The van der Waals surface area contributed by atoms with E-state index in [1.165, 1.54) is 0 Å². The third-order valence-corrected chi connectivity index (χ3v) is 8.34. The molecule has 32 heavy (non-hydrogen) atoms. The summed E-state index contributed by atoms with van der Waals surface area (Å²) in [6, 6.07) is 0.139. The van der Waals surface area contributed by atoms with E-state index in [9.17, 15) is 39.6 Å². The quantitative estimate of drug-likeness (QED) is 0.423. The molecule has 0 radical (unpaired) electrons. The highest BCUT2D eigenvalue weighted by Gasteiger charge is 2.50. The number of thioether (sulfide) groups is 1. The minimum absolute atomic E-state index is 0.00229. The van der Waals surface area contributed by atoms with Crippen molar-refractivity contribution in [3.63, 3.8) is 0 Å². The molecule has 2 aliphatic heterocycles. The third-order valence-electron chi connectivity index (χ3n) is 5.13. The molecule has 0 spiro atoms. The van der Waals surface area contributed by atoms with Crippen LogP contribution in [0.4, 0.5) is 32.0 Å². The number of alkyl halides is 6. The van der Waals surface area contributed by atoms with Crippen LogP contribution >= 0.6 is 11.8 Å². The summed E-state index contributed by atoms with van der Waals surface area (Å²) in [7, 11) is -3.54. The number of hydrogen-bond donors (Lipinski definition) is 0. The molecule has 5 nitrogen and oxygen atoms in total. The van der Waals surface area contributed by atoms with Crippen molar-refractivity contribution in [3.8, 4) is 0 Å². The summed E-state index contributed by atoms with van der Waals surface area (Å²) in [5, 5.41) is -0.727. The second-order valence-corrected chi connectivity index (χ2v) is 11.0. The average Bonchev–Trinajstić information content (AvgIpc) is 3.10. The molecule has 0 aromatic heterocycles. The Kier molecular flexibility index (Phi) is 6.90. The van der Waals surface area contributed by atoms with Gasteiger partial charge in [0.05, 0.1) is 28.7 Å². The van der Waals surface area contributed by atoms with Gasteiger partial charge in [-0.25, -0.2) is 8.42 Å². The van der Waals surface area contributed by atoms with E-state index in [0.717, 1.165) is 29.5 Å². The topological polar surface area (TPSA) is 66.8 Å². The van der Waals surface area contributed by atoms with E-state index in [2.05, 4.69) is 4.99 Å². The Morgan fingerprint density at radius 3 is 2.19 bits per heavy atom. The van der Waals surface area contributed by atoms with Gasteiger partial charge in [-0.05, 0) is 24.6 Å². The molecule has 2 atom stereocenters. The number of rotatable bonds is 5. The van der Waals surface area contributed by atoms with Crippen LogP contribution in [0.3, 0.4) is 0 Å². The number of halogens is 6. The molecule has 2 heterocycles. The van der Waals surface area contributed by atoms with E-state index < -0.39 is 62.0 Å². The van der Waals surface area contributed by atoms with Crippen LogP contribution in [0, 0.1) is 0 Å². The molecule has 13 heteroatoms. The summed E-state index contributed by atoms with van der Waals surface area (Å²) < 4.78 is 104. The molecule has 2 saturated heterocycles. The van der Waals surface area contributed by atoms with Gasteiger partial charge in [0, 0.05) is 17.4 Å². The van der Waals surface area contributed by atoms with Crippen LogP contribution in [0.25, 0.3) is 0 Å². The van der Waals surface area contributed by atoms with Crippen molar-refractivity contribution in [3.05, 3.63) is 29.3 Å². The standard InChI is InChI=1S/C19H20F6N2O3S2/c1-2-3-4-5-16(28)26-17-27(14-9-32(29,30)10-15(14)31-17)13-7-11(18(20,21)22)6-12(8-13)19(23,24)25/h6-8,14-15H,2-5,9-10H2,1H3/t14-,15-/m0/s1. The van der Waals surface area contributed by atoms with Crippen LogP contribution < -0.4 is 4.90 Å². The molecule has 2 aliphatic rings. The average molecular weight is 503 g/mol. The van der Waals surface area contributed by atoms with Crippen LogP contribution in [0.2, 0.25) is 0 Å². The van der Waals surface area contributed by atoms with E-state index in [4.69, 9.17) is 0 Å². The number of benzene rings is 1. The summed E-state index contributed by atoms with van der Waals surface area (Å²) in [6.45, 7) is 1.93. The highest BCUT2D eigenvalue weighted by Crippen LogP contribution is 2.44. The number of amidine groups is 1. The molecule has 3 rings (SSSR count). The molecule has 1 amide bonds. The number of carbonyl (C=O) groups is 1. The second kappa shape index (κ2) is 8.88. The number of anilines is 1. The number of amides is 1. The first kappa shape index (κ1) is 24.9. The Hall–Kier alpha value is -1.76. The van der Waals surface area contributed by atoms with Crippen LogP contribution in [0.1, 0.15) is 43.7 Å². The van der Waals surface area contributed by atoms with Crippen molar-refractivity contribution >= 4 is 38.4 Å². The molecule has 1 aromatic carbocycles. The summed E-state index contributed by atoms with van der Waals surface area (Å²) in [6.07, 6.45) is -7.89. The number of unbranched alkanes of at least 4 members (excludes halogenated alkanes) is 2. The Morgan fingerprint density at radius 2 is 1.66 bits per heavy atom. The predicted octanol–water partition coefficient (Wildman–Crippen LogP) is 4.91. The van der Waals surface area contributed by atoms with Gasteiger partial charge >= 0.3 is 12.4 Å². The summed E-state index contributed by atoms with van der Waals surface area (Å²) in [5.74, 6) is -1.31. The molecule has 0 unspecified atom stereocenters. The fraction of sp³-hybridized carbons (Fsp3) is 0.579. The minimum Gasteiger partial charge on any atom is -0.316 e. The molecule has 2 fully saturated rings. The molecule has 0 saturated carbocycles. The lowest BCUT2D eigenvalue weighted by molar-refractivity contribution is -0.143. The molecular formula is C19H20F6N2O3S2. The maximum absolute atomic E-state index is 13.3. The van der Waals surface area contributed by atoms with Gasteiger partial charge in [-0.2, -0.15) is 31.3 Å². The first-order chi connectivity index (χ1) is 14.7. The van der Waals surface area contributed by atoms with Gasteiger partial charge in [0.25, 0.3) is 0 Å². The lowest BCUT2D eigenvalue weighted by Crippen LogP contribution is -2.38. The smallest absolute Gasteiger partial charge is 0.316 e. The van der Waals surface area contributed by atoms with Crippen molar-refractivity contribution in [1.29, 1.82) is 0 Å². The predicted molar refractivity (Wildman–Crippen MR) is 109 cm³/mol. The van der Waals surface area contributed by atoms with Gasteiger partial charge in [-0.3, -0.25) is 4.79 Å². The molecule has 0 N–H and O–H groups in total. The van der Waals surface area contributed by atoms with Crippen LogP contribution in [-0.2, 0) is 27.0 Å². The molecule has 1 aromatic rings. The van der Waals surface area contributed by atoms with Gasteiger partial charge in [0.15, 0.2) is 15.0 Å². The molecular weight excluding hydrogens is 482 g/mol. The number of carbonyl (C=O) groups excluding carboxylic acids is 1. The Morgan fingerprint density at radius 1 is 1.06 bits per heavy atom. The number of fused-ring (bicyclic) bond motifs is 1. The summed E-state index contributed by atoms with van der Waals surface area (Å²) >= 11 is 0.894. The van der Waals surface area contributed by atoms with Gasteiger partial charge in [0.2, 0.25) is 5.91 Å². The minimum atomic E-state index is -5.06. The van der Waals surface area contributed by atoms with Gasteiger partial charge in [-0.15, -0.1) is 0 Å². The summed E-state index contributed by atoms with van der Waals surface area (Å²) in [5.41, 5.74) is -3.54. The molecule has 0 aliphatic carbocycles. The largest absolute Gasteiger partial charge is 0.416 e. The van der Waals surface area contributed by atoms with Crippen molar-refractivity contribution < 1.29 is 39.6 Å². The highest BCUT2D eigenvalue weighted by atomic mass is 32.2. The Labute approximate surface area is 185 Å². The van der Waals surface area contributed by atoms with E-state index in [-0.39, 0.29) is 23.4 Å². The van der Waals surface area contributed by atoms with Crippen molar-refractivity contribution in [2.24, 2.45) is 4.99 Å². The normalized spacial score (nSPS) is 24.2. The van der Waals surface area contributed by atoms with Crippen molar-refractivity contribution in [2.75, 3.05) is 16.4 Å². The number of nitrogens with zero attached hydrogens (tertiary/aromatic N) is 2. The van der Waals surface area contributed by atoms with Crippen molar-refractivity contribution in [1.82, 2.24) is 0 Å². The second-order valence-electron chi connectivity index (χ2n) is 7.68. The first-order valence-electron chi connectivity index (χ1n) is 9.78.